The molecule has 0 fully saturated rings. The second-order valence-corrected chi connectivity index (χ2v) is 7.31. The van der Waals surface area contributed by atoms with Gasteiger partial charge in [0.1, 0.15) is 18.0 Å². The zero-order chi connectivity index (χ0) is 18.9. The maximum Gasteiger partial charge on any atom is 0.410 e. The summed E-state index contributed by atoms with van der Waals surface area (Å²) in [5, 5.41) is 12.4. The van der Waals surface area contributed by atoms with Crippen molar-refractivity contribution in [3.8, 4) is 11.1 Å². The minimum atomic E-state index is -1.18. The third-order valence-electron chi connectivity index (χ3n) is 4.04. The minimum Gasteiger partial charge on any atom is -0.465 e. The molecule has 1 atom stereocenters. The standard InChI is InChI=1S/C18H15Cl3N2O3/c1-18(9-26-8-15(23-18)22-17(24)25)11-4-2-3-10(5-11)13-6-12(19)7-14(20)16(13)21/h2-7H,8-9H2,1H3,(H,22,23)(H,24,25). The van der Waals surface area contributed by atoms with Gasteiger partial charge in [-0.3, -0.25) is 10.3 Å². The highest BCUT2D eigenvalue weighted by molar-refractivity contribution is 6.45. The van der Waals surface area contributed by atoms with Gasteiger partial charge < -0.3 is 9.84 Å². The molecule has 2 aromatic rings. The van der Waals surface area contributed by atoms with Crippen molar-refractivity contribution < 1.29 is 14.6 Å². The van der Waals surface area contributed by atoms with E-state index in [9.17, 15) is 4.79 Å². The van der Waals surface area contributed by atoms with Crippen LogP contribution < -0.4 is 5.32 Å². The molecule has 0 aromatic heterocycles. The zero-order valence-corrected chi connectivity index (χ0v) is 16.0. The van der Waals surface area contributed by atoms with Crippen molar-refractivity contribution >= 4 is 46.7 Å². The van der Waals surface area contributed by atoms with Crippen LogP contribution >= 0.6 is 34.8 Å². The van der Waals surface area contributed by atoms with Crippen LogP contribution in [-0.4, -0.2) is 30.2 Å². The van der Waals surface area contributed by atoms with E-state index in [-0.39, 0.29) is 12.4 Å². The topological polar surface area (TPSA) is 70.9 Å². The monoisotopic (exact) mass is 412 g/mol. The Hall–Kier alpha value is -1.79. The van der Waals surface area contributed by atoms with Crippen LogP contribution in [0.25, 0.3) is 11.1 Å². The second kappa shape index (κ2) is 7.45. The lowest BCUT2D eigenvalue weighted by Gasteiger charge is -2.31. The maximum atomic E-state index is 10.9. The van der Waals surface area contributed by atoms with Crippen molar-refractivity contribution in [1.82, 2.24) is 5.32 Å². The van der Waals surface area contributed by atoms with Gasteiger partial charge in [-0.25, -0.2) is 4.79 Å². The van der Waals surface area contributed by atoms with Gasteiger partial charge in [-0.05, 0) is 36.2 Å². The normalized spacial score (nSPS) is 19.8. The number of benzene rings is 2. The van der Waals surface area contributed by atoms with E-state index in [1.807, 2.05) is 31.2 Å². The molecule has 1 amide bonds. The molecule has 3 rings (SSSR count). The molecule has 1 aliphatic rings. The summed E-state index contributed by atoms with van der Waals surface area (Å²) in [6.45, 7) is 2.32. The largest absolute Gasteiger partial charge is 0.465 e. The van der Waals surface area contributed by atoms with Gasteiger partial charge in [0.05, 0.1) is 16.7 Å². The van der Waals surface area contributed by atoms with Crippen molar-refractivity contribution in [2.24, 2.45) is 4.99 Å². The average molecular weight is 414 g/mol. The molecule has 8 heteroatoms. The quantitative estimate of drug-likeness (QED) is 0.663. The Balaban J connectivity index is 2.04. The van der Waals surface area contributed by atoms with Gasteiger partial charge >= 0.3 is 6.09 Å². The summed E-state index contributed by atoms with van der Waals surface area (Å²) in [4.78, 5) is 15.4. The molecule has 0 saturated carbocycles. The van der Waals surface area contributed by atoms with E-state index in [4.69, 9.17) is 44.6 Å². The lowest BCUT2D eigenvalue weighted by Crippen LogP contribution is -2.42. The molecule has 2 aromatic carbocycles. The van der Waals surface area contributed by atoms with Gasteiger partial charge in [0.2, 0.25) is 0 Å². The summed E-state index contributed by atoms with van der Waals surface area (Å²) in [5.41, 5.74) is 1.65. The summed E-state index contributed by atoms with van der Waals surface area (Å²) < 4.78 is 5.54. The van der Waals surface area contributed by atoms with Crippen molar-refractivity contribution in [3.05, 3.63) is 57.0 Å². The first-order valence-corrected chi connectivity index (χ1v) is 8.84. The molecular weight excluding hydrogens is 399 g/mol. The van der Waals surface area contributed by atoms with Crippen LogP contribution in [0.4, 0.5) is 4.79 Å². The van der Waals surface area contributed by atoms with Crippen molar-refractivity contribution in [1.29, 1.82) is 0 Å². The Morgan fingerprint density at radius 2 is 2.04 bits per heavy atom. The fourth-order valence-electron chi connectivity index (χ4n) is 2.83. The SMILES string of the molecule is CC1(c2cccc(-c3cc(Cl)cc(Cl)c3Cl)c2)COCC(NC(=O)O)=N1. The Bertz CT molecular complexity index is 901. The van der Waals surface area contributed by atoms with Gasteiger partial charge in [0.15, 0.2) is 0 Å². The van der Waals surface area contributed by atoms with Gasteiger partial charge in [-0.15, -0.1) is 0 Å². The Morgan fingerprint density at radius 1 is 1.27 bits per heavy atom. The van der Waals surface area contributed by atoms with Crippen LogP contribution in [0.3, 0.4) is 0 Å². The molecule has 0 saturated heterocycles. The molecule has 1 heterocycles. The third kappa shape index (κ3) is 3.96. The van der Waals surface area contributed by atoms with Crippen LogP contribution in [0.15, 0.2) is 41.4 Å². The van der Waals surface area contributed by atoms with E-state index in [1.165, 1.54) is 0 Å². The van der Waals surface area contributed by atoms with Crippen molar-refractivity contribution in [3.63, 3.8) is 0 Å². The molecule has 5 nitrogen and oxygen atoms in total. The summed E-state index contributed by atoms with van der Waals surface area (Å²) >= 11 is 18.6. The number of nitrogens with zero attached hydrogens (tertiary/aromatic N) is 1. The summed E-state index contributed by atoms with van der Waals surface area (Å²) in [6.07, 6.45) is -1.18. The average Bonchev–Trinajstić information content (AvgIpc) is 2.58. The number of halogens is 3. The highest BCUT2D eigenvalue weighted by Crippen LogP contribution is 2.38. The molecule has 136 valence electrons. The van der Waals surface area contributed by atoms with E-state index in [0.717, 1.165) is 11.1 Å². The van der Waals surface area contributed by atoms with Crippen molar-refractivity contribution in [2.75, 3.05) is 13.2 Å². The Morgan fingerprint density at radius 3 is 2.77 bits per heavy atom. The van der Waals surface area contributed by atoms with Gasteiger partial charge in [-0.2, -0.15) is 0 Å². The predicted octanol–water partition coefficient (Wildman–Crippen LogP) is 5.23. The number of hydrogen-bond donors (Lipinski definition) is 2. The van der Waals surface area contributed by atoms with E-state index in [0.29, 0.717) is 27.2 Å². The van der Waals surface area contributed by atoms with E-state index >= 15 is 0 Å². The number of carboxylic acid groups (broad SMARTS) is 1. The van der Waals surface area contributed by atoms with E-state index in [2.05, 4.69) is 10.3 Å². The van der Waals surface area contributed by atoms with Crippen LogP contribution in [0, 0.1) is 0 Å². The smallest absolute Gasteiger partial charge is 0.410 e. The Kier molecular flexibility index (Phi) is 5.44. The summed E-state index contributed by atoms with van der Waals surface area (Å²) in [6, 6.07) is 10.9. The Labute approximate surface area is 165 Å². The molecule has 0 aliphatic carbocycles. The first-order valence-electron chi connectivity index (χ1n) is 7.70. The number of amides is 1. The molecular formula is C18H15Cl3N2O3. The minimum absolute atomic E-state index is 0.122. The first kappa shape index (κ1) is 19.0. The molecule has 0 spiro atoms. The molecule has 2 N–H and O–H groups in total. The first-order chi connectivity index (χ1) is 12.3. The third-order valence-corrected chi connectivity index (χ3v) is 5.06. The van der Waals surface area contributed by atoms with Crippen molar-refractivity contribution in [2.45, 2.75) is 12.5 Å². The number of hydrogen-bond acceptors (Lipinski definition) is 3. The number of nitrogens with one attached hydrogen (secondary N) is 1. The highest BCUT2D eigenvalue weighted by Gasteiger charge is 2.31. The molecule has 0 bridgehead atoms. The van der Waals surface area contributed by atoms with Gasteiger partial charge in [0, 0.05) is 10.6 Å². The zero-order valence-electron chi connectivity index (χ0n) is 13.7. The summed E-state index contributed by atoms with van der Waals surface area (Å²) in [5.74, 6) is 0.264. The van der Waals surface area contributed by atoms with Crippen LogP contribution in [0.2, 0.25) is 15.1 Å². The lowest BCUT2D eigenvalue weighted by atomic mass is 9.90. The number of rotatable bonds is 2. The highest BCUT2D eigenvalue weighted by atomic mass is 35.5. The van der Waals surface area contributed by atoms with E-state index in [1.54, 1.807) is 12.1 Å². The fourth-order valence-corrected chi connectivity index (χ4v) is 3.54. The van der Waals surface area contributed by atoms with Crippen LogP contribution in [0.5, 0.6) is 0 Å². The second-order valence-electron chi connectivity index (χ2n) is 6.09. The number of amidine groups is 1. The number of ether oxygens (including phenoxy) is 1. The number of carbonyl (C=O) groups is 1. The van der Waals surface area contributed by atoms with E-state index < -0.39 is 11.6 Å². The molecule has 26 heavy (non-hydrogen) atoms. The number of aliphatic imine (C=N–C) groups is 1. The lowest BCUT2D eigenvalue weighted by molar-refractivity contribution is 0.104. The van der Waals surface area contributed by atoms with Gasteiger partial charge in [0.25, 0.3) is 0 Å². The maximum absolute atomic E-state index is 10.9. The molecule has 0 radical (unpaired) electrons. The van der Waals surface area contributed by atoms with Crippen LogP contribution in [0.1, 0.15) is 12.5 Å². The molecule has 1 aliphatic heterocycles. The summed E-state index contributed by atoms with van der Waals surface area (Å²) in [7, 11) is 0. The fraction of sp³-hybridized carbons (Fsp3) is 0.222. The predicted molar refractivity (Wildman–Crippen MR) is 104 cm³/mol. The molecule has 1 unspecified atom stereocenters. The van der Waals surface area contributed by atoms with Crippen LogP contribution in [-0.2, 0) is 10.3 Å². The van der Waals surface area contributed by atoms with Gasteiger partial charge in [-0.1, -0.05) is 53.0 Å².